The summed E-state index contributed by atoms with van der Waals surface area (Å²) in [5.41, 5.74) is 3.31. The Morgan fingerprint density at radius 3 is 3.25 bits per heavy atom. The van der Waals surface area contributed by atoms with Crippen molar-refractivity contribution in [2.45, 2.75) is 6.42 Å². The summed E-state index contributed by atoms with van der Waals surface area (Å²) in [5, 5.41) is 5.86. The van der Waals surface area contributed by atoms with Crippen LogP contribution in [0.1, 0.15) is 5.56 Å². The van der Waals surface area contributed by atoms with E-state index in [-0.39, 0.29) is 0 Å². The van der Waals surface area contributed by atoms with Crippen molar-refractivity contribution in [1.82, 2.24) is 0 Å². The van der Waals surface area contributed by atoms with Crippen LogP contribution in [0.4, 0.5) is 11.4 Å². The van der Waals surface area contributed by atoms with Crippen molar-refractivity contribution in [3.63, 3.8) is 0 Å². The van der Waals surface area contributed by atoms with Crippen LogP contribution in [0.25, 0.3) is 0 Å². The lowest BCUT2D eigenvalue weighted by atomic mass is 10.1. The van der Waals surface area contributed by atoms with Crippen LogP contribution in [0.5, 0.6) is 0 Å². The molecule has 0 aromatic heterocycles. The van der Waals surface area contributed by atoms with Gasteiger partial charge in [-0.2, -0.15) is 0 Å². The second-order valence-electron chi connectivity index (χ2n) is 2.81. The average Bonchev–Trinajstić information content (AvgIpc) is 2.51. The molecule has 0 aliphatic carbocycles. The van der Waals surface area contributed by atoms with Gasteiger partial charge in [-0.05, 0) is 24.1 Å². The minimum atomic E-state index is 0.691. The van der Waals surface area contributed by atoms with E-state index in [1.165, 1.54) is 5.56 Å². The molecule has 0 unspecified atom stereocenters. The summed E-state index contributed by atoms with van der Waals surface area (Å²) in [5.74, 6) is 0. The maximum atomic E-state index is 10.1. The molecule has 3 nitrogen and oxygen atoms in total. The molecule has 2 N–H and O–H groups in total. The summed E-state index contributed by atoms with van der Waals surface area (Å²) in [6.45, 7) is 1.000. The van der Waals surface area contributed by atoms with E-state index in [0.717, 1.165) is 24.3 Å². The van der Waals surface area contributed by atoms with Gasteiger partial charge in [-0.3, -0.25) is 4.79 Å². The third-order valence-electron chi connectivity index (χ3n) is 2.05. The van der Waals surface area contributed by atoms with Gasteiger partial charge in [0.05, 0.1) is 0 Å². The third-order valence-corrected chi connectivity index (χ3v) is 2.05. The van der Waals surface area contributed by atoms with Gasteiger partial charge in [0.1, 0.15) is 0 Å². The molecule has 0 fully saturated rings. The van der Waals surface area contributed by atoms with E-state index in [9.17, 15) is 4.79 Å². The van der Waals surface area contributed by atoms with Crippen molar-refractivity contribution in [2.75, 3.05) is 17.2 Å². The SMILES string of the molecule is O=CNc1ccc2c(c1)NCC2. The van der Waals surface area contributed by atoms with Crippen molar-refractivity contribution in [2.24, 2.45) is 0 Å². The number of benzene rings is 1. The van der Waals surface area contributed by atoms with Gasteiger partial charge in [0.25, 0.3) is 0 Å². The highest BCUT2D eigenvalue weighted by molar-refractivity contribution is 5.75. The van der Waals surface area contributed by atoms with E-state index in [0.29, 0.717) is 6.41 Å². The maximum Gasteiger partial charge on any atom is 0.211 e. The van der Waals surface area contributed by atoms with Gasteiger partial charge in [0.15, 0.2) is 0 Å². The topological polar surface area (TPSA) is 41.1 Å². The highest BCUT2D eigenvalue weighted by atomic mass is 16.1. The molecular weight excluding hydrogens is 152 g/mol. The Balaban J connectivity index is 2.32. The van der Waals surface area contributed by atoms with Gasteiger partial charge in [-0.15, -0.1) is 0 Å². The first-order chi connectivity index (χ1) is 5.90. The first-order valence-electron chi connectivity index (χ1n) is 3.97. The molecule has 2 rings (SSSR count). The summed E-state index contributed by atoms with van der Waals surface area (Å²) in [7, 11) is 0. The van der Waals surface area contributed by atoms with Gasteiger partial charge in [0, 0.05) is 17.9 Å². The minimum absolute atomic E-state index is 0.691. The van der Waals surface area contributed by atoms with Gasteiger partial charge >= 0.3 is 0 Å². The minimum Gasteiger partial charge on any atom is -0.384 e. The van der Waals surface area contributed by atoms with Gasteiger partial charge < -0.3 is 10.6 Å². The van der Waals surface area contributed by atoms with Gasteiger partial charge in [-0.1, -0.05) is 6.07 Å². The Hall–Kier alpha value is -1.51. The summed E-state index contributed by atoms with van der Waals surface area (Å²) in [6.07, 6.45) is 1.77. The molecule has 0 spiro atoms. The number of carbonyl (C=O) groups is 1. The Kier molecular flexibility index (Phi) is 1.70. The number of hydrogen-bond acceptors (Lipinski definition) is 2. The highest BCUT2D eigenvalue weighted by Gasteiger charge is 2.08. The smallest absolute Gasteiger partial charge is 0.211 e. The lowest BCUT2D eigenvalue weighted by Gasteiger charge is -2.02. The molecule has 1 heterocycles. The predicted molar refractivity (Wildman–Crippen MR) is 48.3 cm³/mol. The van der Waals surface area contributed by atoms with Gasteiger partial charge in [-0.25, -0.2) is 0 Å². The fraction of sp³-hybridized carbons (Fsp3) is 0.222. The standard InChI is InChI=1S/C9H10N2O/c12-6-11-8-2-1-7-3-4-10-9(7)5-8/h1-2,5-6,10H,3-4H2,(H,11,12). The zero-order valence-corrected chi connectivity index (χ0v) is 6.63. The van der Waals surface area contributed by atoms with Crippen LogP contribution in [0.15, 0.2) is 18.2 Å². The molecule has 0 saturated carbocycles. The number of amides is 1. The number of hydrogen-bond donors (Lipinski definition) is 2. The summed E-state index contributed by atoms with van der Waals surface area (Å²) < 4.78 is 0. The Morgan fingerprint density at radius 1 is 1.50 bits per heavy atom. The molecule has 62 valence electrons. The van der Waals surface area contributed by atoms with E-state index in [1.54, 1.807) is 0 Å². The third kappa shape index (κ3) is 1.13. The van der Waals surface area contributed by atoms with Crippen LogP contribution in [0.3, 0.4) is 0 Å². The molecular formula is C9H10N2O. The summed E-state index contributed by atoms with van der Waals surface area (Å²) >= 11 is 0. The van der Waals surface area contributed by atoms with E-state index < -0.39 is 0 Å². The van der Waals surface area contributed by atoms with Crippen LogP contribution >= 0.6 is 0 Å². The molecule has 12 heavy (non-hydrogen) atoms. The van der Waals surface area contributed by atoms with Crippen molar-refractivity contribution >= 4 is 17.8 Å². The zero-order valence-electron chi connectivity index (χ0n) is 6.63. The van der Waals surface area contributed by atoms with E-state index >= 15 is 0 Å². The normalized spacial score (nSPS) is 13.3. The van der Waals surface area contributed by atoms with Crippen molar-refractivity contribution in [3.05, 3.63) is 23.8 Å². The fourth-order valence-corrected chi connectivity index (χ4v) is 1.45. The van der Waals surface area contributed by atoms with Crippen molar-refractivity contribution in [1.29, 1.82) is 0 Å². The second-order valence-corrected chi connectivity index (χ2v) is 2.81. The molecule has 0 atom stereocenters. The van der Waals surface area contributed by atoms with E-state index in [2.05, 4.69) is 10.6 Å². The molecule has 1 aliphatic heterocycles. The van der Waals surface area contributed by atoms with Crippen LogP contribution in [-0.4, -0.2) is 13.0 Å². The number of anilines is 2. The van der Waals surface area contributed by atoms with Crippen LogP contribution in [0.2, 0.25) is 0 Å². The Labute approximate surface area is 70.8 Å². The molecule has 0 radical (unpaired) electrons. The largest absolute Gasteiger partial charge is 0.384 e. The molecule has 1 aromatic carbocycles. The maximum absolute atomic E-state index is 10.1. The van der Waals surface area contributed by atoms with Crippen LogP contribution in [-0.2, 0) is 11.2 Å². The monoisotopic (exact) mass is 162 g/mol. The van der Waals surface area contributed by atoms with Crippen LogP contribution in [0, 0.1) is 0 Å². The Morgan fingerprint density at radius 2 is 2.42 bits per heavy atom. The molecule has 0 bridgehead atoms. The van der Waals surface area contributed by atoms with Crippen molar-refractivity contribution in [3.8, 4) is 0 Å². The summed E-state index contributed by atoms with van der Waals surface area (Å²) in [4.78, 5) is 10.1. The molecule has 3 heteroatoms. The number of carbonyl (C=O) groups excluding carboxylic acids is 1. The zero-order chi connectivity index (χ0) is 8.39. The number of nitrogens with one attached hydrogen (secondary N) is 2. The van der Waals surface area contributed by atoms with Crippen molar-refractivity contribution < 1.29 is 4.79 Å². The molecule has 1 aromatic rings. The lowest BCUT2D eigenvalue weighted by molar-refractivity contribution is -0.105. The number of rotatable bonds is 2. The molecule has 0 saturated heterocycles. The lowest BCUT2D eigenvalue weighted by Crippen LogP contribution is -1.95. The predicted octanol–water partition coefficient (Wildman–Crippen LogP) is 1.22. The fourth-order valence-electron chi connectivity index (χ4n) is 1.45. The van der Waals surface area contributed by atoms with E-state index in [4.69, 9.17) is 0 Å². The Bertz CT molecular complexity index is 309. The number of fused-ring (bicyclic) bond motifs is 1. The first kappa shape index (κ1) is 7.16. The van der Waals surface area contributed by atoms with E-state index in [1.807, 2.05) is 18.2 Å². The average molecular weight is 162 g/mol. The quantitative estimate of drug-likeness (QED) is 0.642. The highest BCUT2D eigenvalue weighted by Crippen LogP contribution is 2.25. The molecule has 1 amide bonds. The first-order valence-corrected chi connectivity index (χ1v) is 3.97. The summed E-state index contributed by atoms with van der Waals surface area (Å²) in [6, 6.07) is 5.91. The second kappa shape index (κ2) is 2.85. The molecule has 1 aliphatic rings. The van der Waals surface area contributed by atoms with Crippen LogP contribution < -0.4 is 10.6 Å². The van der Waals surface area contributed by atoms with Gasteiger partial charge in [0.2, 0.25) is 6.41 Å².